The highest BCUT2D eigenvalue weighted by molar-refractivity contribution is 7.71. The Bertz CT molecular complexity index is 799. The van der Waals surface area contributed by atoms with Gasteiger partial charge in [-0.3, -0.25) is 4.57 Å². The molecule has 3 rings (SSSR count). The zero-order chi connectivity index (χ0) is 14.1. The van der Waals surface area contributed by atoms with E-state index in [9.17, 15) is 0 Å². The molecule has 1 heterocycles. The lowest BCUT2D eigenvalue weighted by molar-refractivity contribution is 0.343. The minimum absolute atomic E-state index is 0.634. The summed E-state index contributed by atoms with van der Waals surface area (Å²) in [6.45, 7) is 4.69. The summed E-state index contributed by atoms with van der Waals surface area (Å²) in [4.78, 5) is 3.25. The number of fused-ring (bicyclic) bond motifs is 1. The molecule has 2 aromatic carbocycles. The lowest BCUT2D eigenvalue weighted by atomic mass is 10.2. The Balaban J connectivity index is 2.26. The number of hydrogen-bond acceptors (Lipinski definition) is 2. The summed E-state index contributed by atoms with van der Waals surface area (Å²) in [7, 11) is 0. The lowest BCUT2D eigenvalue weighted by Gasteiger charge is -2.07. The molecule has 0 radical (unpaired) electrons. The van der Waals surface area contributed by atoms with Crippen LogP contribution < -0.4 is 4.74 Å². The second kappa shape index (κ2) is 5.13. The average Bonchev–Trinajstić information content (AvgIpc) is 2.78. The van der Waals surface area contributed by atoms with Crippen LogP contribution in [0, 0.1) is 11.7 Å². The minimum Gasteiger partial charge on any atom is -0.492 e. The number of aromatic nitrogens is 2. The molecule has 3 aromatic rings. The minimum atomic E-state index is 0.634. The molecule has 0 unspecified atom stereocenters. The van der Waals surface area contributed by atoms with Crippen LogP contribution >= 0.6 is 12.2 Å². The van der Waals surface area contributed by atoms with E-state index in [0.717, 1.165) is 22.5 Å². The van der Waals surface area contributed by atoms with Gasteiger partial charge < -0.3 is 9.72 Å². The fourth-order valence-corrected chi connectivity index (χ4v) is 2.64. The maximum Gasteiger partial charge on any atom is 0.182 e. The van der Waals surface area contributed by atoms with Crippen LogP contribution in [-0.4, -0.2) is 16.2 Å². The average molecular weight is 284 g/mol. The summed E-state index contributed by atoms with van der Waals surface area (Å²) in [5, 5.41) is 0. The number of benzene rings is 2. The first-order valence-corrected chi connectivity index (χ1v) is 7.05. The fraction of sp³-hybridized carbons (Fsp3) is 0.188. The summed E-state index contributed by atoms with van der Waals surface area (Å²) in [6.07, 6.45) is 0. The van der Waals surface area contributed by atoms with Crippen molar-refractivity contribution in [1.29, 1.82) is 0 Å². The third-order valence-corrected chi connectivity index (χ3v) is 3.56. The number of para-hydroxylation sites is 1. The van der Waals surface area contributed by atoms with Crippen LogP contribution in [0.25, 0.3) is 16.7 Å². The monoisotopic (exact) mass is 284 g/mol. The van der Waals surface area contributed by atoms with Crippen LogP contribution in [0.2, 0.25) is 0 Å². The van der Waals surface area contributed by atoms with Crippen molar-refractivity contribution < 1.29 is 4.74 Å². The normalized spacial score (nSPS) is 10.9. The van der Waals surface area contributed by atoms with E-state index in [0.29, 0.717) is 11.4 Å². The number of nitrogens with one attached hydrogen (secondary N) is 1. The van der Waals surface area contributed by atoms with Gasteiger partial charge in [0.15, 0.2) is 4.77 Å². The van der Waals surface area contributed by atoms with Crippen molar-refractivity contribution in [3.05, 3.63) is 52.8 Å². The van der Waals surface area contributed by atoms with Crippen LogP contribution in [0.5, 0.6) is 5.75 Å². The molecular formula is C16H16N2OS. The van der Waals surface area contributed by atoms with Gasteiger partial charge in [-0.2, -0.15) is 0 Å². The molecule has 3 nitrogen and oxygen atoms in total. The predicted molar refractivity (Wildman–Crippen MR) is 84.4 cm³/mol. The van der Waals surface area contributed by atoms with Gasteiger partial charge >= 0.3 is 0 Å². The summed E-state index contributed by atoms with van der Waals surface area (Å²) >= 11 is 5.46. The zero-order valence-corrected chi connectivity index (χ0v) is 12.3. The van der Waals surface area contributed by atoms with Crippen LogP contribution in [0.1, 0.15) is 12.5 Å². The molecule has 0 amide bonds. The number of H-pyrrole nitrogens is 1. The Morgan fingerprint density at radius 1 is 1.15 bits per heavy atom. The van der Waals surface area contributed by atoms with E-state index in [2.05, 4.69) is 36.2 Å². The van der Waals surface area contributed by atoms with Gasteiger partial charge in [0.05, 0.1) is 12.1 Å². The quantitative estimate of drug-likeness (QED) is 0.723. The van der Waals surface area contributed by atoms with E-state index in [1.807, 2.05) is 29.7 Å². The summed E-state index contributed by atoms with van der Waals surface area (Å²) in [5.41, 5.74) is 4.26. The number of rotatable bonds is 3. The first-order chi connectivity index (χ1) is 9.70. The van der Waals surface area contributed by atoms with Crippen LogP contribution in [0.4, 0.5) is 0 Å². The molecule has 0 bridgehead atoms. The molecule has 0 saturated carbocycles. The Kier molecular flexibility index (Phi) is 3.32. The van der Waals surface area contributed by atoms with Crippen molar-refractivity contribution in [2.75, 3.05) is 6.61 Å². The molecule has 1 aromatic heterocycles. The Morgan fingerprint density at radius 3 is 2.60 bits per heavy atom. The van der Waals surface area contributed by atoms with Crippen molar-refractivity contribution in [2.24, 2.45) is 0 Å². The van der Waals surface area contributed by atoms with E-state index in [-0.39, 0.29) is 0 Å². The van der Waals surface area contributed by atoms with Gasteiger partial charge in [-0.1, -0.05) is 23.8 Å². The van der Waals surface area contributed by atoms with Crippen LogP contribution in [0.3, 0.4) is 0 Å². The van der Waals surface area contributed by atoms with Gasteiger partial charge in [-0.15, -0.1) is 0 Å². The van der Waals surface area contributed by atoms with E-state index in [1.54, 1.807) is 0 Å². The summed E-state index contributed by atoms with van der Waals surface area (Å²) < 4.78 is 8.36. The Hall–Kier alpha value is -2.07. The number of imidazole rings is 1. The fourth-order valence-electron chi connectivity index (χ4n) is 2.33. The molecule has 20 heavy (non-hydrogen) atoms. The van der Waals surface area contributed by atoms with Crippen molar-refractivity contribution in [3.8, 4) is 11.4 Å². The number of nitrogens with zero attached hydrogens (tertiary/aromatic N) is 1. The van der Waals surface area contributed by atoms with Crippen molar-refractivity contribution in [1.82, 2.24) is 9.55 Å². The third kappa shape index (κ3) is 2.12. The van der Waals surface area contributed by atoms with Crippen LogP contribution in [-0.2, 0) is 0 Å². The zero-order valence-electron chi connectivity index (χ0n) is 11.5. The molecule has 0 fully saturated rings. The van der Waals surface area contributed by atoms with Crippen LogP contribution in [0.15, 0.2) is 42.5 Å². The van der Waals surface area contributed by atoms with Gasteiger partial charge in [0.1, 0.15) is 11.3 Å². The molecule has 0 spiro atoms. The van der Waals surface area contributed by atoms with E-state index < -0.39 is 0 Å². The van der Waals surface area contributed by atoms with Crippen molar-refractivity contribution >= 4 is 23.3 Å². The Morgan fingerprint density at radius 2 is 1.90 bits per heavy atom. The van der Waals surface area contributed by atoms with E-state index in [1.165, 1.54) is 5.56 Å². The highest BCUT2D eigenvalue weighted by atomic mass is 32.1. The predicted octanol–water partition coefficient (Wildman–Crippen LogP) is 4.40. The number of aromatic amines is 1. The first-order valence-electron chi connectivity index (χ1n) is 6.64. The molecule has 0 saturated heterocycles. The van der Waals surface area contributed by atoms with Crippen molar-refractivity contribution in [2.45, 2.75) is 13.8 Å². The van der Waals surface area contributed by atoms with Gasteiger partial charge in [0.25, 0.3) is 0 Å². The van der Waals surface area contributed by atoms with Gasteiger partial charge in [-0.25, -0.2) is 0 Å². The molecule has 1 N–H and O–H groups in total. The second-order valence-electron chi connectivity index (χ2n) is 4.68. The number of hydrogen-bond donors (Lipinski definition) is 1. The van der Waals surface area contributed by atoms with Crippen molar-refractivity contribution in [3.63, 3.8) is 0 Å². The SMILES string of the molecule is CCOc1cccc2c1[nH]c(=S)n2-c1ccc(C)cc1. The molecule has 0 aliphatic carbocycles. The molecular weight excluding hydrogens is 268 g/mol. The molecule has 0 atom stereocenters. The highest BCUT2D eigenvalue weighted by Crippen LogP contribution is 2.27. The van der Waals surface area contributed by atoms with E-state index >= 15 is 0 Å². The summed E-state index contributed by atoms with van der Waals surface area (Å²) in [5.74, 6) is 0.835. The molecule has 4 heteroatoms. The molecule has 102 valence electrons. The molecule has 0 aliphatic rings. The lowest BCUT2D eigenvalue weighted by Crippen LogP contribution is -1.94. The van der Waals surface area contributed by atoms with E-state index in [4.69, 9.17) is 17.0 Å². The largest absolute Gasteiger partial charge is 0.492 e. The number of aryl methyl sites for hydroxylation is 1. The molecule has 0 aliphatic heterocycles. The standard InChI is InChI=1S/C16H16N2OS/c1-3-19-14-6-4-5-13-15(14)17-16(20)18(13)12-9-7-11(2)8-10-12/h4-10H,3H2,1-2H3,(H,17,20). The van der Waals surface area contributed by atoms with Gasteiger partial charge in [-0.05, 0) is 50.3 Å². The maximum atomic E-state index is 5.65. The smallest absolute Gasteiger partial charge is 0.182 e. The number of ether oxygens (including phenoxy) is 1. The third-order valence-electron chi connectivity index (χ3n) is 3.27. The maximum absolute atomic E-state index is 5.65. The Labute approximate surface area is 122 Å². The second-order valence-corrected chi connectivity index (χ2v) is 5.07. The highest BCUT2D eigenvalue weighted by Gasteiger charge is 2.10. The summed E-state index contributed by atoms with van der Waals surface area (Å²) in [6, 6.07) is 14.3. The first kappa shape index (κ1) is 12.9. The van der Waals surface area contributed by atoms with Gasteiger partial charge in [0, 0.05) is 5.69 Å². The van der Waals surface area contributed by atoms with Gasteiger partial charge in [0.2, 0.25) is 0 Å². The topological polar surface area (TPSA) is 29.9 Å².